The van der Waals surface area contributed by atoms with Crippen LogP contribution in [0.25, 0.3) is 0 Å². The SMILES string of the molecule is CC1(C)NC(=O)N(CC(=O)OCC(=O)Nc2ccc(F)c(Cl)c2)C1=O. The topological polar surface area (TPSA) is 105 Å². The number of hydrogen-bond donors (Lipinski definition) is 2. The molecule has 134 valence electrons. The molecule has 1 heterocycles. The minimum atomic E-state index is -1.10. The van der Waals surface area contributed by atoms with E-state index in [0.717, 1.165) is 6.07 Å². The van der Waals surface area contributed by atoms with Crippen LogP contribution in [0.15, 0.2) is 18.2 Å². The first-order chi connectivity index (χ1) is 11.6. The number of nitrogens with one attached hydrogen (secondary N) is 2. The molecule has 0 spiro atoms. The zero-order valence-electron chi connectivity index (χ0n) is 13.4. The number of halogens is 2. The summed E-state index contributed by atoms with van der Waals surface area (Å²) in [6.07, 6.45) is 0. The number of nitrogens with zero attached hydrogens (tertiary/aromatic N) is 1. The highest BCUT2D eigenvalue weighted by atomic mass is 35.5. The van der Waals surface area contributed by atoms with Crippen molar-refractivity contribution in [2.45, 2.75) is 19.4 Å². The number of benzene rings is 1. The Kier molecular flexibility index (Phi) is 5.27. The zero-order chi connectivity index (χ0) is 18.8. The van der Waals surface area contributed by atoms with Crippen LogP contribution in [0, 0.1) is 5.82 Å². The fourth-order valence-corrected chi connectivity index (χ4v) is 2.23. The second-order valence-corrected chi connectivity index (χ2v) is 6.19. The molecule has 0 aliphatic carbocycles. The van der Waals surface area contributed by atoms with E-state index in [-0.39, 0.29) is 10.7 Å². The number of carbonyl (C=O) groups excluding carboxylic acids is 4. The van der Waals surface area contributed by atoms with Crippen molar-refractivity contribution >= 4 is 41.1 Å². The molecule has 1 aliphatic heterocycles. The van der Waals surface area contributed by atoms with Gasteiger partial charge in [0.05, 0.1) is 5.02 Å². The quantitative estimate of drug-likeness (QED) is 0.599. The highest BCUT2D eigenvalue weighted by Crippen LogP contribution is 2.19. The molecule has 0 atom stereocenters. The molecule has 1 aromatic rings. The third kappa shape index (κ3) is 4.44. The average Bonchev–Trinajstić information content (AvgIpc) is 2.71. The molecule has 0 saturated carbocycles. The second-order valence-electron chi connectivity index (χ2n) is 5.78. The maximum atomic E-state index is 13.0. The van der Waals surface area contributed by atoms with Crippen molar-refractivity contribution in [3.05, 3.63) is 29.0 Å². The number of rotatable bonds is 5. The molecule has 1 aliphatic rings. The summed E-state index contributed by atoms with van der Waals surface area (Å²) in [5.74, 6) is -2.82. The Bertz CT molecular complexity index is 753. The predicted molar refractivity (Wildman–Crippen MR) is 85.3 cm³/mol. The van der Waals surface area contributed by atoms with Gasteiger partial charge in [-0.1, -0.05) is 11.6 Å². The van der Waals surface area contributed by atoms with Gasteiger partial charge in [0.15, 0.2) is 6.61 Å². The van der Waals surface area contributed by atoms with Gasteiger partial charge < -0.3 is 15.4 Å². The number of imide groups is 1. The third-order valence-corrected chi connectivity index (χ3v) is 3.59. The van der Waals surface area contributed by atoms with E-state index in [2.05, 4.69) is 10.6 Å². The summed E-state index contributed by atoms with van der Waals surface area (Å²) >= 11 is 5.58. The Morgan fingerprint density at radius 3 is 2.60 bits per heavy atom. The largest absolute Gasteiger partial charge is 0.454 e. The minimum Gasteiger partial charge on any atom is -0.454 e. The summed E-state index contributed by atoms with van der Waals surface area (Å²) < 4.78 is 17.7. The number of esters is 1. The minimum absolute atomic E-state index is 0.170. The Balaban J connectivity index is 1.83. The highest BCUT2D eigenvalue weighted by Gasteiger charge is 2.45. The van der Waals surface area contributed by atoms with Gasteiger partial charge in [0.1, 0.15) is 17.9 Å². The number of carbonyl (C=O) groups is 4. The van der Waals surface area contributed by atoms with E-state index in [1.165, 1.54) is 26.0 Å². The van der Waals surface area contributed by atoms with Gasteiger partial charge in [0.2, 0.25) is 0 Å². The molecule has 1 aromatic carbocycles. The molecule has 8 nitrogen and oxygen atoms in total. The van der Waals surface area contributed by atoms with Crippen LogP contribution in [0.4, 0.5) is 14.9 Å². The zero-order valence-corrected chi connectivity index (χ0v) is 14.1. The fraction of sp³-hybridized carbons (Fsp3) is 0.333. The molecular weight excluding hydrogens is 357 g/mol. The molecule has 10 heteroatoms. The average molecular weight is 372 g/mol. The molecular formula is C15H15ClFN3O5. The van der Waals surface area contributed by atoms with Crippen LogP contribution in [0.3, 0.4) is 0 Å². The van der Waals surface area contributed by atoms with Crippen molar-refractivity contribution in [2.24, 2.45) is 0 Å². The van der Waals surface area contributed by atoms with E-state index in [0.29, 0.717) is 4.90 Å². The van der Waals surface area contributed by atoms with Crippen LogP contribution in [0.1, 0.15) is 13.8 Å². The molecule has 25 heavy (non-hydrogen) atoms. The molecule has 4 amide bonds. The molecule has 0 radical (unpaired) electrons. The Labute approximate surface area is 147 Å². The lowest BCUT2D eigenvalue weighted by Gasteiger charge is -2.15. The van der Waals surface area contributed by atoms with Crippen molar-refractivity contribution in [2.75, 3.05) is 18.5 Å². The van der Waals surface area contributed by atoms with E-state index >= 15 is 0 Å². The number of amides is 4. The molecule has 1 fully saturated rings. The lowest BCUT2D eigenvalue weighted by Crippen LogP contribution is -2.41. The molecule has 0 unspecified atom stereocenters. The van der Waals surface area contributed by atoms with Gasteiger partial charge in [0.25, 0.3) is 11.8 Å². The fourth-order valence-electron chi connectivity index (χ4n) is 2.05. The normalized spacial score (nSPS) is 15.8. The highest BCUT2D eigenvalue weighted by molar-refractivity contribution is 6.31. The molecule has 1 saturated heterocycles. The van der Waals surface area contributed by atoms with E-state index in [9.17, 15) is 23.6 Å². The number of hydrogen-bond acceptors (Lipinski definition) is 5. The summed E-state index contributed by atoms with van der Waals surface area (Å²) in [5, 5.41) is 4.61. The molecule has 0 bridgehead atoms. The van der Waals surface area contributed by atoms with Crippen LogP contribution < -0.4 is 10.6 Å². The van der Waals surface area contributed by atoms with Gasteiger partial charge in [0, 0.05) is 5.69 Å². The Morgan fingerprint density at radius 2 is 2.04 bits per heavy atom. The first-order valence-electron chi connectivity index (χ1n) is 7.15. The van der Waals surface area contributed by atoms with Crippen molar-refractivity contribution < 1.29 is 28.3 Å². The maximum Gasteiger partial charge on any atom is 0.326 e. The van der Waals surface area contributed by atoms with Crippen LogP contribution in [0.2, 0.25) is 5.02 Å². The number of urea groups is 1. The summed E-state index contributed by atoms with van der Waals surface area (Å²) in [6, 6.07) is 2.85. The first-order valence-corrected chi connectivity index (χ1v) is 7.52. The van der Waals surface area contributed by atoms with Crippen LogP contribution in [-0.2, 0) is 19.1 Å². The Hall–Kier alpha value is -2.68. The summed E-state index contributed by atoms with van der Waals surface area (Å²) in [5.41, 5.74) is -0.875. The van der Waals surface area contributed by atoms with Crippen LogP contribution in [-0.4, -0.2) is 47.4 Å². The van der Waals surface area contributed by atoms with E-state index < -0.39 is 48.3 Å². The van der Waals surface area contributed by atoms with Gasteiger partial charge in [-0.15, -0.1) is 0 Å². The Morgan fingerprint density at radius 1 is 1.36 bits per heavy atom. The van der Waals surface area contributed by atoms with Gasteiger partial charge in [-0.3, -0.25) is 19.3 Å². The molecule has 0 aromatic heterocycles. The van der Waals surface area contributed by atoms with Crippen molar-refractivity contribution in [1.82, 2.24) is 10.2 Å². The lowest BCUT2D eigenvalue weighted by atomic mass is 10.1. The van der Waals surface area contributed by atoms with E-state index in [4.69, 9.17) is 16.3 Å². The van der Waals surface area contributed by atoms with Crippen molar-refractivity contribution in [3.63, 3.8) is 0 Å². The van der Waals surface area contributed by atoms with Gasteiger partial charge in [-0.05, 0) is 32.0 Å². The summed E-state index contributed by atoms with van der Waals surface area (Å²) in [6.45, 7) is 1.75. The monoisotopic (exact) mass is 371 g/mol. The second kappa shape index (κ2) is 7.06. The van der Waals surface area contributed by atoms with Gasteiger partial charge >= 0.3 is 12.0 Å². The smallest absolute Gasteiger partial charge is 0.326 e. The number of anilines is 1. The summed E-state index contributed by atoms with van der Waals surface area (Å²) in [7, 11) is 0. The first kappa shape index (κ1) is 18.7. The van der Waals surface area contributed by atoms with Gasteiger partial charge in [-0.25, -0.2) is 9.18 Å². The van der Waals surface area contributed by atoms with E-state index in [1.54, 1.807) is 0 Å². The van der Waals surface area contributed by atoms with Gasteiger partial charge in [-0.2, -0.15) is 0 Å². The summed E-state index contributed by atoms with van der Waals surface area (Å²) in [4.78, 5) is 47.7. The number of ether oxygens (including phenoxy) is 1. The van der Waals surface area contributed by atoms with Crippen molar-refractivity contribution in [3.8, 4) is 0 Å². The van der Waals surface area contributed by atoms with E-state index in [1.807, 2.05) is 0 Å². The lowest BCUT2D eigenvalue weighted by molar-refractivity contribution is -0.150. The maximum absolute atomic E-state index is 13.0. The predicted octanol–water partition coefficient (Wildman–Crippen LogP) is 1.29. The van der Waals surface area contributed by atoms with Crippen LogP contribution >= 0.6 is 11.6 Å². The third-order valence-electron chi connectivity index (χ3n) is 3.30. The van der Waals surface area contributed by atoms with Crippen LogP contribution in [0.5, 0.6) is 0 Å². The molecule has 2 N–H and O–H groups in total. The standard InChI is InChI=1S/C15H15ClFN3O5/c1-15(2)13(23)20(14(24)19-15)6-12(22)25-7-11(21)18-8-3-4-10(17)9(16)5-8/h3-5H,6-7H2,1-2H3,(H,18,21)(H,19,24). The van der Waals surface area contributed by atoms with Crippen molar-refractivity contribution in [1.29, 1.82) is 0 Å². The molecule has 2 rings (SSSR count).